The number of halogens is 1. The van der Waals surface area contributed by atoms with Crippen molar-refractivity contribution >= 4 is 23.3 Å². The molecule has 5 nitrogen and oxygen atoms in total. The highest BCUT2D eigenvalue weighted by Gasteiger charge is 2.35. The maximum atomic E-state index is 13.2. The summed E-state index contributed by atoms with van der Waals surface area (Å²) in [5.74, 6) is 2.13. The van der Waals surface area contributed by atoms with Crippen molar-refractivity contribution in [3.05, 3.63) is 23.3 Å². The Labute approximate surface area is 186 Å². The monoisotopic (exact) mass is 436 g/mol. The third-order valence-corrected chi connectivity index (χ3v) is 7.46. The van der Waals surface area contributed by atoms with Gasteiger partial charge in [-0.2, -0.15) is 0 Å². The van der Waals surface area contributed by atoms with Gasteiger partial charge in [-0.25, -0.2) is 0 Å². The largest absolute Gasteiger partial charge is 0.376 e. The molecule has 1 heterocycles. The standard InChI is InChI=1S/C24H37ClN2O3/c1-16(2)23(26-15-17-5-4-6-20(28)13-17)24(29)27-11-9-18(10-12-27)19-7-8-21(25)22(14-19)30-3/h4,6,8,16-19,22-23,26H,5,7,9-15H2,1-3H3/t17?,19?,22?,23-/m1/s1. The molecule has 1 fully saturated rings. The van der Waals surface area contributed by atoms with E-state index in [1.165, 1.54) is 0 Å². The minimum Gasteiger partial charge on any atom is -0.376 e. The van der Waals surface area contributed by atoms with Gasteiger partial charge >= 0.3 is 0 Å². The number of amides is 1. The molecule has 0 spiro atoms. The lowest BCUT2D eigenvalue weighted by Gasteiger charge is -2.40. The number of nitrogens with one attached hydrogen (secondary N) is 1. The van der Waals surface area contributed by atoms with Gasteiger partial charge in [-0.05, 0) is 68.4 Å². The van der Waals surface area contributed by atoms with Crippen LogP contribution >= 0.6 is 11.6 Å². The Bertz CT molecular complexity index is 667. The van der Waals surface area contributed by atoms with Gasteiger partial charge < -0.3 is 15.0 Å². The van der Waals surface area contributed by atoms with Crippen LogP contribution in [0, 0.1) is 23.7 Å². The number of carbonyl (C=O) groups excluding carboxylic acids is 2. The second-order valence-corrected chi connectivity index (χ2v) is 9.95. The number of nitrogens with zero attached hydrogens (tertiary/aromatic N) is 1. The summed E-state index contributed by atoms with van der Waals surface area (Å²) < 4.78 is 5.53. The SMILES string of the molecule is COC1CC(C2CCN(C(=O)[C@H](NCC3CC=CC(=O)C3)C(C)C)CC2)CC=C1Cl. The second-order valence-electron chi connectivity index (χ2n) is 9.51. The van der Waals surface area contributed by atoms with Crippen molar-refractivity contribution in [2.45, 2.75) is 64.5 Å². The van der Waals surface area contributed by atoms with Crippen molar-refractivity contribution in [1.29, 1.82) is 0 Å². The second kappa shape index (κ2) is 10.9. The highest BCUT2D eigenvalue weighted by molar-refractivity contribution is 6.30. The van der Waals surface area contributed by atoms with E-state index in [1.807, 2.05) is 11.0 Å². The molecule has 2 aliphatic carbocycles. The molecule has 0 radical (unpaired) electrons. The predicted molar refractivity (Wildman–Crippen MR) is 120 cm³/mol. The first kappa shape index (κ1) is 23.5. The van der Waals surface area contributed by atoms with Gasteiger partial charge in [0.1, 0.15) is 0 Å². The van der Waals surface area contributed by atoms with E-state index in [0.717, 1.165) is 50.2 Å². The third kappa shape index (κ3) is 5.95. The molecular weight excluding hydrogens is 400 g/mol. The molecular formula is C24H37ClN2O3. The van der Waals surface area contributed by atoms with Crippen molar-refractivity contribution in [2.75, 3.05) is 26.7 Å². The fourth-order valence-corrected chi connectivity index (χ4v) is 5.41. The average molecular weight is 437 g/mol. The molecule has 6 heteroatoms. The van der Waals surface area contributed by atoms with Gasteiger partial charge in [0.25, 0.3) is 0 Å². The van der Waals surface area contributed by atoms with E-state index in [9.17, 15) is 9.59 Å². The molecule has 1 amide bonds. The van der Waals surface area contributed by atoms with Crippen LogP contribution in [0.15, 0.2) is 23.3 Å². The molecule has 1 aliphatic heterocycles. The molecule has 1 N–H and O–H groups in total. The number of ether oxygens (including phenoxy) is 1. The number of likely N-dealkylation sites (tertiary alicyclic amines) is 1. The Balaban J connectivity index is 1.50. The molecule has 3 aliphatic rings. The van der Waals surface area contributed by atoms with Crippen LogP contribution in [0.4, 0.5) is 0 Å². The quantitative estimate of drug-likeness (QED) is 0.657. The van der Waals surface area contributed by atoms with Crippen LogP contribution in [0.1, 0.15) is 52.4 Å². The number of rotatable bonds is 7. The van der Waals surface area contributed by atoms with E-state index in [2.05, 4.69) is 25.2 Å². The van der Waals surface area contributed by atoms with Crippen LogP contribution in [0.2, 0.25) is 0 Å². The molecule has 3 rings (SSSR count). The molecule has 0 aromatic heterocycles. The molecule has 0 saturated carbocycles. The van der Waals surface area contributed by atoms with Crippen molar-refractivity contribution in [3.63, 3.8) is 0 Å². The Hall–Kier alpha value is -1.17. The Morgan fingerprint density at radius 1 is 1.27 bits per heavy atom. The van der Waals surface area contributed by atoms with Crippen molar-refractivity contribution in [1.82, 2.24) is 10.2 Å². The summed E-state index contributed by atoms with van der Waals surface area (Å²) in [4.78, 5) is 26.9. The Kier molecular flexibility index (Phi) is 8.55. The summed E-state index contributed by atoms with van der Waals surface area (Å²) in [5, 5.41) is 4.32. The van der Waals surface area contributed by atoms with Gasteiger partial charge in [0.05, 0.1) is 12.1 Å². The van der Waals surface area contributed by atoms with Crippen LogP contribution in [0.25, 0.3) is 0 Å². The van der Waals surface area contributed by atoms with Gasteiger partial charge in [0, 0.05) is 31.7 Å². The van der Waals surface area contributed by atoms with Crippen LogP contribution in [0.5, 0.6) is 0 Å². The molecule has 168 valence electrons. The Morgan fingerprint density at radius 3 is 2.63 bits per heavy atom. The number of methoxy groups -OCH3 is 1. The third-order valence-electron chi connectivity index (χ3n) is 7.06. The lowest BCUT2D eigenvalue weighted by atomic mass is 9.77. The predicted octanol–water partition coefficient (Wildman–Crippen LogP) is 3.92. The molecule has 30 heavy (non-hydrogen) atoms. The van der Waals surface area contributed by atoms with Crippen LogP contribution in [-0.2, 0) is 14.3 Å². The van der Waals surface area contributed by atoms with E-state index in [-0.39, 0.29) is 29.8 Å². The minimum atomic E-state index is -0.183. The van der Waals surface area contributed by atoms with E-state index in [1.54, 1.807) is 13.2 Å². The molecule has 1 saturated heterocycles. The molecule has 4 atom stereocenters. The summed E-state index contributed by atoms with van der Waals surface area (Å²) >= 11 is 6.26. The van der Waals surface area contributed by atoms with E-state index in [4.69, 9.17) is 16.3 Å². The van der Waals surface area contributed by atoms with Crippen molar-refractivity contribution < 1.29 is 14.3 Å². The number of piperidine rings is 1. The first-order valence-corrected chi connectivity index (χ1v) is 11.9. The highest BCUT2D eigenvalue weighted by atomic mass is 35.5. The number of ketones is 1. The van der Waals surface area contributed by atoms with Gasteiger partial charge in [-0.15, -0.1) is 0 Å². The first-order chi connectivity index (χ1) is 14.4. The normalized spacial score (nSPS) is 29.2. The van der Waals surface area contributed by atoms with Gasteiger partial charge in [0.15, 0.2) is 5.78 Å². The number of carbonyl (C=O) groups is 2. The number of allylic oxidation sites excluding steroid dienone is 3. The van der Waals surface area contributed by atoms with E-state index >= 15 is 0 Å². The average Bonchev–Trinajstić information content (AvgIpc) is 2.74. The van der Waals surface area contributed by atoms with Crippen molar-refractivity contribution in [3.8, 4) is 0 Å². The fourth-order valence-electron chi connectivity index (χ4n) is 5.15. The first-order valence-electron chi connectivity index (χ1n) is 11.5. The topological polar surface area (TPSA) is 58.6 Å². The maximum Gasteiger partial charge on any atom is 0.239 e. The smallest absolute Gasteiger partial charge is 0.239 e. The van der Waals surface area contributed by atoms with Gasteiger partial charge in [-0.3, -0.25) is 9.59 Å². The van der Waals surface area contributed by atoms with Crippen LogP contribution < -0.4 is 5.32 Å². The maximum absolute atomic E-state index is 13.2. The molecule has 3 unspecified atom stereocenters. The fraction of sp³-hybridized carbons (Fsp3) is 0.750. The molecule has 0 bridgehead atoms. The number of hydrogen-bond donors (Lipinski definition) is 1. The zero-order valence-electron chi connectivity index (χ0n) is 18.6. The highest BCUT2D eigenvalue weighted by Crippen LogP contribution is 2.37. The lowest BCUT2D eigenvalue weighted by Crippen LogP contribution is -2.52. The number of hydrogen-bond acceptors (Lipinski definition) is 4. The summed E-state index contributed by atoms with van der Waals surface area (Å²) in [6.07, 6.45) is 11.4. The van der Waals surface area contributed by atoms with Gasteiger partial charge in [0.2, 0.25) is 5.91 Å². The molecule has 0 aromatic carbocycles. The zero-order valence-corrected chi connectivity index (χ0v) is 19.4. The van der Waals surface area contributed by atoms with Crippen LogP contribution in [0.3, 0.4) is 0 Å². The van der Waals surface area contributed by atoms with Crippen LogP contribution in [-0.4, -0.2) is 55.5 Å². The van der Waals surface area contributed by atoms with E-state index < -0.39 is 0 Å². The summed E-state index contributed by atoms with van der Waals surface area (Å²) in [7, 11) is 1.73. The summed E-state index contributed by atoms with van der Waals surface area (Å²) in [5.41, 5.74) is 0. The molecule has 0 aromatic rings. The zero-order chi connectivity index (χ0) is 21.7. The van der Waals surface area contributed by atoms with E-state index in [0.29, 0.717) is 30.7 Å². The lowest BCUT2D eigenvalue weighted by molar-refractivity contribution is -0.136. The Morgan fingerprint density at radius 2 is 2.00 bits per heavy atom. The van der Waals surface area contributed by atoms with Gasteiger partial charge in [-0.1, -0.05) is 37.6 Å². The summed E-state index contributed by atoms with van der Waals surface area (Å²) in [6, 6.07) is -0.183. The van der Waals surface area contributed by atoms with Crippen molar-refractivity contribution in [2.24, 2.45) is 23.7 Å². The summed E-state index contributed by atoms with van der Waals surface area (Å²) in [6.45, 7) is 6.55. The minimum absolute atomic E-state index is 0.0288.